The number of nitrogens with one attached hydrogen (secondary N) is 1. The van der Waals surface area contributed by atoms with Crippen molar-refractivity contribution in [1.29, 1.82) is 0 Å². The Morgan fingerprint density at radius 3 is 2.68 bits per heavy atom. The Kier molecular flexibility index (Phi) is 5.24. The van der Waals surface area contributed by atoms with E-state index < -0.39 is 10.0 Å². The monoisotopic (exact) mass is 324 g/mol. The third kappa shape index (κ3) is 4.55. The predicted octanol–water partition coefficient (Wildman–Crippen LogP) is 1.67. The molecule has 122 valence electrons. The molecule has 0 bridgehead atoms. The van der Waals surface area contributed by atoms with Crippen molar-refractivity contribution in [2.24, 2.45) is 5.92 Å². The summed E-state index contributed by atoms with van der Waals surface area (Å²) in [5.41, 5.74) is 1.82. The summed E-state index contributed by atoms with van der Waals surface area (Å²) in [6.07, 6.45) is 0.422. The molecule has 5 nitrogen and oxygen atoms in total. The molecule has 1 atom stereocenters. The van der Waals surface area contributed by atoms with Crippen LogP contribution >= 0.6 is 0 Å². The summed E-state index contributed by atoms with van der Waals surface area (Å²) in [6, 6.07) is 7.65. The standard InChI is InChI=1S/C16H24N2O3S/c1-12(2)18-10-15(8-16(18)19)9-17-22(20,21)11-14-6-4-5-13(3)7-14/h4-7,12,15,17H,8-11H2,1-3H3. The Bertz CT molecular complexity index is 641. The first-order valence-electron chi connectivity index (χ1n) is 7.59. The van der Waals surface area contributed by atoms with Crippen LogP contribution in [-0.4, -0.2) is 38.4 Å². The van der Waals surface area contributed by atoms with Crippen LogP contribution in [0.25, 0.3) is 0 Å². The van der Waals surface area contributed by atoms with Crippen LogP contribution in [0.15, 0.2) is 24.3 Å². The molecule has 1 aliphatic heterocycles. The van der Waals surface area contributed by atoms with E-state index in [0.29, 0.717) is 19.5 Å². The summed E-state index contributed by atoms with van der Waals surface area (Å²) >= 11 is 0. The summed E-state index contributed by atoms with van der Waals surface area (Å²) in [5, 5.41) is 0. The fourth-order valence-electron chi connectivity index (χ4n) is 2.76. The first kappa shape index (κ1) is 17.0. The van der Waals surface area contributed by atoms with Gasteiger partial charge >= 0.3 is 0 Å². The van der Waals surface area contributed by atoms with E-state index in [1.807, 2.05) is 45.0 Å². The largest absolute Gasteiger partial charge is 0.340 e. The minimum Gasteiger partial charge on any atom is -0.340 e. The van der Waals surface area contributed by atoms with Crippen LogP contribution in [0.2, 0.25) is 0 Å². The van der Waals surface area contributed by atoms with Crippen molar-refractivity contribution < 1.29 is 13.2 Å². The zero-order valence-corrected chi connectivity index (χ0v) is 14.2. The maximum atomic E-state index is 12.2. The molecular formula is C16H24N2O3S. The number of hydrogen-bond acceptors (Lipinski definition) is 3. The zero-order valence-electron chi connectivity index (χ0n) is 13.4. The molecule has 6 heteroatoms. The third-order valence-electron chi connectivity index (χ3n) is 3.89. The molecule has 0 radical (unpaired) electrons. The average Bonchev–Trinajstić information content (AvgIpc) is 2.77. The highest BCUT2D eigenvalue weighted by Crippen LogP contribution is 2.19. The first-order valence-corrected chi connectivity index (χ1v) is 9.24. The van der Waals surface area contributed by atoms with Crippen molar-refractivity contribution >= 4 is 15.9 Å². The van der Waals surface area contributed by atoms with Crippen molar-refractivity contribution in [3.05, 3.63) is 35.4 Å². The van der Waals surface area contributed by atoms with Gasteiger partial charge in [-0.15, -0.1) is 0 Å². The highest BCUT2D eigenvalue weighted by molar-refractivity contribution is 7.88. The summed E-state index contributed by atoms with van der Waals surface area (Å²) in [5.74, 6) is 0.142. The van der Waals surface area contributed by atoms with Crippen molar-refractivity contribution in [2.45, 2.75) is 39.0 Å². The number of aryl methyl sites for hydroxylation is 1. The molecule has 1 unspecified atom stereocenters. The van der Waals surface area contributed by atoms with Gasteiger partial charge < -0.3 is 4.90 Å². The topological polar surface area (TPSA) is 66.5 Å². The molecule has 0 saturated carbocycles. The summed E-state index contributed by atoms with van der Waals surface area (Å²) in [4.78, 5) is 13.6. The van der Waals surface area contributed by atoms with E-state index in [2.05, 4.69) is 4.72 Å². The quantitative estimate of drug-likeness (QED) is 0.865. The van der Waals surface area contributed by atoms with Gasteiger partial charge in [0.1, 0.15) is 0 Å². The number of sulfonamides is 1. The van der Waals surface area contributed by atoms with Crippen LogP contribution in [-0.2, 0) is 20.6 Å². The van der Waals surface area contributed by atoms with E-state index in [4.69, 9.17) is 0 Å². The minimum absolute atomic E-state index is 0.0246. The summed E-state index contributed by atoms with van der Waals surface area (Å²) < 4.78 is 27.0. The molecule has 1 fully saturated rings. The lowest BCUT2D eigenvalue weighted by Crippen LogP contribution is -2.34. The van der Waals surface area contributed by atoms with Gasteiger partial charge in [0.15, 0.2) is 0 Å². The second kappa shape index (κ2) is 6.79. The van der Waals surface area contributed by atoms with Crippen LogP contribution in [0.5, 0.6) is 0 Å². The lowest BCUT2D eigenvalue weighted by molar-refractivity contribution is -0.129. The second-order valence-electron chi connectivity index (χ2n) is 6.31. The van der Waals surface area contributed by atoms with Crippen LogP contribution < -0.4 is 4.72 Å². The van der Waals surface area contributed by atoms with Crippen LogP contribution in [0.1, 0.15) is 31.4 Å². The Hall–Kier alpha value is -1.40. The van der Waals surface area contributed by atoms with Crippen molar-refractivity contribution in [2.75, 3.05) is 13.1 Å². The second-order valence-corrected chi connectivity index (χ2v) is 8.11. The van der Waals surface area contributed by atoms with E-state index in [1.165, 1.54) is 0 Å². The smallest absolute Gasteiger partial charge is 0.223 e. The van der Waals surface area contributed by atoms with Crippen molar-refractivity contribution in [3.8, 4) is 0 Å². The van der Waals surface area contributed by atoms with E-state index in [0.717, 1.165) is 11.1 Å². The third-order valence-corrected chi connectivity index (χ3v) is 5.21. The Labute approximate surface area is 132 Å². The average molecular weight is 324 g/mol. The molecule has 1 aromatic carbocycles. The maximum absolute atomic E-state index is 12.2. The van der Waals surface area contributed by atoms with Gasteiger partial charge in [-0.2, -0.15) is 0 Å². The molecular weight excluding hydrogens is 300 g/mol. The van der Waals surface area contributed by atoms with Gasteiger partial charge in [0.2, 0.25) is 15.9 Å². The Morgan fingerprint density at radius 1 is 1.36 bits per heavy atom. The lowest BCUT2D eigenvalue weighted by atomic mass is 10.1. The van der Waals surface area contributed by atoms with Crippen LogP contribution in [0, 0.1) is 12.8 Å². The number of likely N-dealkylation sites (tertiary alicyclic amines) is 1. The molecule has 0 aromatic heterocycles. The molecule has 1 amide bonds. The number of carbonyl (C=O) groups excluding carboxylic acids is 1. The van der Waals surface area contributed by atoms with Crippen molar-refractivity contribution in [3.63, 3.8) is 0 Å². The zero-order chi connectivity index (χ0) is 16.3. The minimum atomic E-state index is -3.37. The van der Waals surface area contributed by atoms with Gasteiger partial charge in [0.05, 0.1) is 5.75 Å². The maximum Gasteiger partial charge on any atom is 0.223 e. The van der Waals surface area contributed by atoms with E-state index in [1.54, 1.807) is 4.90 Å². The molecule has 1 aliphatic rings. The highest BCUT2D eigenvalue weighted by Gasteiger charge is 2.31. The molecule has 22 heavy (non-hydrogen) atoms. The number of amides is 1. The number of rotatable bonds is 6. The fourth-order valence-corrected chi connectivity index (χ4v) is 3.97. The lowest BCUT2D eigenvalue weighted by Gasteiger charge is -2.21. The van der Waals surface area contributed by atoms with Crippen molar-refractivity contribution in [1.82, 2.24) is 9.62 Å². The van der Waals surface area contributed by atoms with Gasteiger partial charge in [0.25, 0.3) is 0 Å². The molecule has 1 heterocycles. The number of hydrogen-bond donors (Lipinski definition) is 1. The fraction of sp³-hybridized carbons (Fsp3) is 0.562. The molecule has 2 rings (SSSR count). The summed E-state index contributed by atoms with van der Waals surface area (Å²) in [6.45, 7) is 6.84. The van der Waals surface area contributed by atoms with E-state index in [-0.39, 0.29) is 23.6 Å². The first-order chi connectivity index (χ1) is 10.3. The summed E-state index contributed by atoms with van der Waals surface area (Å²) in [7, 11) is -3.37. The molecule has 0 aliphatic carbocycles. The van der Waals surface area contributed by atoms with Gasteiger partial charge in [0, 0.05) is 25.6 Å². The van der Waals surface area contributed by atoms with Gasteiger partial charge in [-0.3, -0.25) is 4.79 Å². The molecule has 1 N–H and O–H groups in total. The number of carbonyl (C=O) groups is 1. The van der Waals surface area contributed by atoms with E-state index in [9.17, 15) is 13.2 Å². The molecule has 1 saturated heterocycles. The predicted molar refractivity (Wildman–Crippen MR) is 86.8 cm³/mol. The number of nitrogens with zero attached hydrogens (tertiary/aromatic N) is 1. The van der Waals surface area contributed by atoms with Gasteiger partial charge in [-0.1, -0.05) is 29.8 Å². The van der Waals surface area contributed by atoms with E-state index >= 15 is 0 Å². The molecule has 0 spiro atoms. The van der Waals surface area contributed by atoms with Crippen LogP contribution in [0.4, 0.5) is 0 Å². The highest BCUT2D eigenvalue weighted by atomic mass is 32.2. The normalized spacial score (nSPS) is 19.2. The Morgan fingerprint density at radius 2 is 2.09 bits per heavy atom. The SMILES string of the molecule is Cc1cccc(CS(=O)(=O)NCC2CC(=O)N(C(C)C)C2)c1. The van der Waals surface area contributed by atoms with Gasteiger partial charge in [-0.25, -0.2) is 13.1 Å². The number of benzene rings is 1. The van der Waals surface area contributed by atoms with Crippen LogP contribution in [0.3, 0.4) is 0 Å². The van der Waals surface area contributed by atoms with Gasteiger partial charge in [-0.05, 0) is 32.3 Å². The molecule has 1 aromatic rings. The Balaban J connectivity index is 1.89.